The number of carboxylic acid groups (broad SMARTS) is 1. The second-order valence-corrected chi connectivity index (χ2v) is 8.01. The molecule has 3 N–H and O–H groups in total. The van der Waals surface area contributed by atoms with E-state index in [0.29, 0.717) is 11.5 Å². The molecule has 2 atom stereocenters. The molecule has 0 spiro atoms. The van der Waals surface area contributed by atoms with Gasteiger partial charge in [-0.3, -0.25) is 9.69 Å². The molecule has 1 heterocycles. The zero-order chi connectivity index (χ0) is 23.3. The summed E-state index contributed by atoms with van der Waals surface area (Å²) >= 11 is 0. The van der Waals surface area contributed by atoms with E-state index < -0.39 is 18.1 Å². The number of carbonyl (C=O) groups is 2. The number of hydrogen-bond donors (Lipinski definition) is 3. The van der Waals surface area contributed by atoms with Gasteiger partial charge in [-0.25, -0.2) is 4.79 Å². The average Bonchev–Trinajstić information content (AvgIpc) is 3.30. The molecule has 0 aliphatic rings. The number of tetrazole rings is 1. The zero-order valence-corrected chi connectivity index (χ0v) is 18.3. The number of aromatic nitrogens is 4. The first-order valence-electron chi connectivity index (χ1n) is 10.5. The topological polar surface area (TPSA) is 132 Å². The third kappa shape index (κ3) is 5.17. The minimum absolute atomic E-state index is 0.0522. The first-order valence-corrected chi connectivity index (χ1v) is 10.5. The van der Waals surface area contributed by atoms with E-state index in [2.05, 4.69) is 20.6 Å². The number of aliphatic carboxylic acids is 1. The van der Waals surface area contributed by atoms with Crippen molar-refractivity contribution in [2.24, 2.45) is 5.92 Å². The van der Waals surface area contributed by atoms with E-state index >= 15 is 0 Å². The van der Waals surface area contributed by atoms with E-state index in [9.17, 15) is 19.8 Å². The number of H-pyrrole nitrogens is 1. The lowest BCUT2D eigenvalue weighted by atomic mass is 9.97. The van der Waals surface area contributed by atoms with Crippen LogP contribution in [0, 0.1) is 5.92 Å². The minimum atomic E-state index is -1.07. The molecule has 0 saturated carbocycles. The van der Waals surface area contributed by atoms with Crippen LogP contribution in [-0.2, 0) is 9.59 Å². The van der Waals surface area contributed by atoms with E-state index in [0.717, 1.165) is 16.7 Å². The van der Waals surface area contributed by atoms with Crippen molar-refractivity contribution in [3.63, 3.8) is 0 Å². The lowest BCUT2D eigenvalue weighted by Gasteiger charge is -2.32. The fraction of sp³-hybridized carbons (Fsp3) is 0.348. The Bertz CT molecular complexity index is 1050. The summed E-state index contributed by atoms with van der Waals surface area (Å²) in [6.07, 6.45) is -0.334. The highest BCUT2D eigenvalue weighted by Crippen LogP contribution is 2.32. The van der Waals surface area contributed by atoms with Crippen LogP contribution in [0.5, 0.6) is 0 Å². The Balaban J connectivity index is 1.98. The number of amides is 1. The van der Waals surface area contributed by atoms with Crippen LogP contribution in [0.25, 0.3) is 22.5 Å². The van der Waals surface area contributed by atoms with Crippen LogP contribution >= 0.6 is 0 Å². The fourth-order valence-corrected chi connectivity index (χ4v) is 3.61. The highest BCUT2D eigenvalue weighted by Gasteiger charge is 2.33. The van der Waals surface area contributed by atoms with Crippen molar-refractivity contribution in [2.75, 3.05) is 4.90 Å². The lowest BCUT2D eigenvalue weighted by Crippen LogP contribution is -2.48. The molecule has 1 unspecified atom stereocenters. The predicted molar refractivity (Wildman–Crippen MR) is 120 cm³/mol. The van der Waals surface area contributed by atoms with Crippen LogP contribution in [-0.4, -0.2) is 54.9 Å². The van der Waals surface area contributed by atoms with Crippen molar-refractivity contribution in [1.82, 2.24) is 20.6 Å². The first-order chi connectivity index (χ1) is 15.3. The zero-order valence-electron chi connectivity index (χ0n) is 18.3. The minimum Gasteiger partial charge on any atom is -0.480 e. The number of nitrogens with zero attached hydrogens (tertiary/aromatic N) is 4. The average molecular weight is 438 g/mol. The fourth-order valence-electron chi connectivity index (χ4n) is 3.61. The molecule has 0 radical (unpaired) electrons. The number of anilines is 1. The summed E-state index contributed by atoms with van der Waals surface area (Å²) in [6.45, 7) is 5.14. The summed E-state index contributed by atoms with van der Waals surface area (Å²) in [5.41, 5.74) is 3.03. The van der Waals surface area contributed by atoms with E-state index in [1.165, 1.54) is 4.90 Å². The molecule has 0 aliphatic heterocycles. The molecule has 0 saturated heterocycles. The summed E-state index contributed by atoms with van der Waals surface area (Å²) in [6, 6.07) is 13.7. The summed E-state index contributed by atoms with van der Waals surface area (Å²) in [4.78, 5) is 26.3. The summed E-state index contributed by atoms with van der Waals surface area (Å²) < 4.78 is 0. The molecule has 168 valence electrons. The summed E-state index contributed by atoms with van der Waals surface area (Å²) in [5.74, 6) is -1.25. The maximum Gasteiger partial charge on any atom is 0.327 e. The Labute approximate surface area is 186 Å². The molecule has 1 aromatic heterocycles. The Morgan fingerprint density at radius 3 is 2.22 bits per heavy atom. The van der Waals surface area contributed by atoms with Gasteiger partial charge < -0.3 is 10.2 Å². The predicted octanol–water partition coefficient (Wildman–Crippen LogP) is 3.14. The van der Waals surface area contributed by atoms with E-state index in [4.69, 9.17) is 0 Å². The van der Waals surface area contributed by atoms with Gasteiger partial charge in [-0.2, -0.15) is 5.21 Å². The molecular formula is C23H27N5O4. The van der Waals surface area contributed by atoms with Gasteiger partial charge in [0.15, 0.2) is 0 Å². The van der Waals surface area contributed by atoms with Gasteiger partial charge in [0, 0.05) is 17.7 Å². The molecule has 9 heteroatoms. The van der Waals surface area contributed by atoms with Crippen LogP contribution in [0.1, 0.15) is 33.6 Å². The highest BCUT2D eigenvalue weighted by molar-refractivity contribution is 5.99. The number of benzene rings is 2. The molecule has 3 rings (SSSR count). The first kappa shape index (κ1) is 23.1. The van der Waals surface area contributed by atoms with Gasteiger partial charge in [0.25, 0.3) is 0 Å². The van der Waals surface area contributed by atoms with E-state index in [1.54, 1.807) is 32.9 Å². The number of hydrogen-bond acceptors (Lipinski definition) is 6. The maximum absolute atomic E-state index is 13.0. The highest BCUT2D eigenvalue weighted by atomic mass is 16.4. The third-order valence-electron chi connectivity index (χ3n) is 5.18. The van der Waals surface area contributed by atoms with Gasteiger partial charge >= 0.3 is 5.97 Å². The number of aliphatic hydroxyl groups excluding tert-OH is 1. The Kier molecular flexibility index (Phi) is 7.32. The smallest absolute Gasteiger partial charge is 0.327 e. The molecule has 1 amide bonds. The van der Waals surface area contributed by atoms with Gasteiger partial charge in [0.1, 0.15) is 6.04 Å². The van der Waals surface area contributed by atoms with Gasteiger partial charge in [0.05, 0.1) is 6.10 Å². The van der Waals surface area contributed by atoms with Crippen LogP contribution in [0.4, 0.5) is 5.69 Å². The van der Waals surface area contributed by atoms with Gasteiger partial charge in [-0.05, 0) is 47.7 Å². The second-order valence-electron chi connectivity index (χ2n) is 8.01. The quantitative estimate of drug-likeness (QED) is 0.468. The van der Waals surface area contributed by atoms with Crippen molar-refractivity contribution in [3.8, 4) is 22.5 Å². The number of carboxylic acids is 1. The van der Waals surface area contributed by atoms with Crippen molar-refractivity contribution in [1.29, 1.82) is 0 Å². The van der Waals surface area contributed by atoms with E-state index in [1.807, 2.05) is 36.4 Å². The molecule has 0 bridgehead atoms. The monoisotopic (exact) mass is 437 g/mol. The van der Waals surface area contributed by atoms with Gasteiger partial charge in [0.2, 0.25) is 11.7 Å². The number of carbonyl (C=O) groups excluding carboxylic acids is 1. The molecule has 9 nitrogen and oxygen atoms in total. The van der Waals surface area contributed by atoms with Crippen LogP contribution in [0.15, 0.2) is 48.5 Å². The van der Waals surface area contributed by atoms with Gasteiger partial charge in [-0.15, -0.1) is 10.2 Å². The number of rotatable bonds is 9. The molecule has 0 fully saturated rings. The largest absolute Gasteiger partial charge is 0.480 e. The summed E-state index contributed by atoms with van der Waals surface area (Å²) in [5, 5.41) is 33.6. The third-order valence-corrected chi connectivity index (χ3v) is 5.18. The van der Waals surface area contributed by atoms with Crippen molar-refractivity contribution in [3.05, 3.63) is 48.5 Å². The molecule has 3 aromatic rings. The molecule has 0 aliphatic carbocycles. The van der Waals surface area contributed by atoms with Crippen LogP contribution in [0.2, 0.25) is 0 Å². The number of nitrogens with one attached hydrogen (secondary N) is 1. The maximum atomic E-state index is 13.0. The molecule has 2 aromatic carbocycles. The standard InChI is InChI=1S/C23H27N5O4/c1-14(2)21(23(31)32)28(20(30)13-8-15(3)29)17-11-9-16(10-12-17)18-6-4-5-7-19(18)22-24-26-27-25-22/h4-7,9-12,14-15,21,29H,8,13H2,1-3H3,(H,31,32)(H,24,25,26,27)/t15?,21-/m0/s1. The Morgan fingerprint density at radius 1 is 1.03 bits per heavy atom. The van der Waals surface area contributed by atoms with Crippen LogP contribution in [0.3, 0.4) is 0 Å². The summed E-state index contributed by atoms with van der Waals surface area (Å²) in [7, 11) is 0. The van der Waals surface area contributed by atoms with Crippen molar-refractivity contribution in [2.45, 2.75) is 45.8 Å². The number of aromatic amines is 1. The van der Waals surface area contributed by atoms with Crippen molar-refractivity contribution >= 4 is 17.6 Å². The second kappa shape index (κ2) is 10.1. The van der Waals surface area contributed by atoms with Crippen LogP contribution < -0.4 is 4.90 Å². The van der Waals surface area contributed by atoms with Gasteiger partial charge in [-0.1, -0.05) is 50.2 Å². The Hall–Kier alpha value is -3.59. The van der Waals surface area contributed by atoms with Crippen molar-refractivity contribution < 1.29 is 19.8 Å². The SMILES string of the molecule is CC(O)CCC(=O)N(c1ccc(-c2ccccc2-c2nn[nH]n2)cc1)[C@H](C(=O)O)C(C)C. The lowest BCUT2D eigenvalue weighted by molar-refractivity contribution is -0.141. The Morgan fingerprint density at radius 2 is 1.69 bits per heavy atom. The number of aliphatic hydroxyl groups is 1. The molecule has 32 heavy (non-hydrogen) atoms. The molecular weight excluding hydrogens is 410 g/mol. The van der Waals surface area contributed by atoms with E-state index in [-0.39, 0.29) is 24.7 Å². The normalized spacial score (nSPS) is 13.0.